The zero-order valence-corrected chi connectivity index (χ0v) is 13.7. The van der Waals surface area contributed by atoms with Crippen molar-refractivity contribution in [1.82, 2.24) is 15.2 Å². The number of pyridine rings is 1. The summed E-state index contributed by atoms with van der Waals surface area (Å²) >= 11 is 0. The first kappa shape index (κ1) is 15.2. The number of ether oxygens (including phenoxy) is 2. The molecule has 2 aliphatic rings. The van der Waals surface area contributed by atoms with E-state index in [0.29, 0.717) is 6.54 Å². The molecule has 126 valence electrons. The number of carbonyl (C=O) groups is 1. The van der Waals surface area contributed by atoms with Crippen molar-refractivity contribution in [3.05, 3.63) is 36.0 Å². The van der Waals surface area contributed by atoms with E-state index in [9.17, 15) is 4.79 Å². The molecule has 6 heteroatoms. The summed E-state index contributed by atoms with van der Waals surface area (Å²) in [6.07, 6.45) is 3.26. The number of fused-ring (bicyclic) bond motifs is 1. The van der Waals surface area contributed by atoms with Crippen molar-refractivity contribution in [2.75, 3.05) is 26.7 Å². The third kappa shape index (κ3) is 2.67. The van der Waals surface area contributed by atoms with E-state index in [4.69, 9.17) is 9.47 Å². The number of hydrogen-bond donors (Lipinski definition) is 1. The maximum absolute atomic E-state index is 12.4. The van der Waals surface area contributed by atoms with Crippen LogP contribution in [0.15, 0.2) is 30.5 Å². The third-order valence-electron chi connectivity index (χ3n) is 4.92. The third-order valence-corrected chi connectivity index (χ3v) is 4.92. The zero-order valence-electron chi connectivity index (χ0n) is 13.7. The average molecular weight is 327 g/mol. The molecular weight excluding hydrogens is 306 g/mol. The second kappa shape index (κ2) is 6.28. The fraction of sp³-hybridized carbons (Fsp3) is 0.444. The lowest BCUT2D eigenvalue weighted by atomic mass is 10.0. The van der Waals surface area contributed by atoms with E-state index >= 15 is 0 Å². The van der Waals surface area contributed by atoms with Gasteiger partial charge in [-0.05, 0) is 50.2 Å². The fourth-order valence-electron chi connectivity index (χ4n) is 3.61. The van der Waals surface area contributed by atoms with Crippen molar-refractivity contribution in [3.8, 4) is 5.75 Å². The maximum Gasteiger partial charge on any atom is 0.410 e. The SMILES string of the molecule is COc1ccc2nccc(C3CN(C4CCNCC4)C(=O)O3)c2c1. The molecule has 2 fully saturated rings. The van der Waals surface area contributed by atoms with Gasteiger partial charge in [-0.2, -0.15) is 0 Å². The molecular formula is C18H21N3O3. The number of methoxy groups -OCH3 is 1. The Kier molecular flexibility index (Phi) is 3.98. The molecule has 0 aliphatic carbocycles. The van der Waals surface area contributed by atoms with Crippen LogP contribution in [0, 0.1) is 0 Å². The molecule has 2 aliphatic heterocycles. The fourth-order valence-corrected chi connectivity index (χ4v) is 3.61. The van der Waals surface area contributed by atoms with Gasteiger partial charge in [-0.25, -0.2) is 4.79 Å². The Morgan fingerprint density at radius 2 is 2.12 bits per heavy atom. The Balaban J connectivity index is 1.64. The van der Waals surface area contributed by atoms with Crippen molar-refractivity contribution in [2.45, 2.75) is 25.0 Å². The van der Waals surface area contributed by atoms with E-state index < -0.39 is 0 Å². The van der Waals surface area contributed by atoms with Crippen molar-refractivity contribution in [3.63, 3.8) is 0 Å². The molecule has 3 heterocycles. The quantitative estimate of drug-likeness (QED) is 0.938. The Morgan fingerprint density at radius 3 is 2.92 bits per heavy atom. The van der Waals surface area contributed by atoms with Gasteiger partial charge in [-0.15, -0.1) is 0 Å². The zero-order chi connectivity index (χ0) is 16.5. The van der Waals surface area contributed by atoms with E-state index in [0.717, 1.165) is 48.1 Å². The summed E-state index contributed by atoms with van der Waals surface area (Å²) in [5.41, 5.74) is 1.87. The first-order valence-electron chi connectivity index (χ1n) is 8.37. The Bertz CT molecular complexity index is 758. The number of hydrogen-bond acceptors (Lipinski definition) is 5. The van der Waals surface area contributed by atoms with Gasteiger partial charge in [0.05, 0.1) is 19.2 Å². The highest BCUT2D eigenvalue weighted by atomic mass is 16.6. The summed E-state index contributed by atoms with van der Waals surface area (Å²) in [6.45, 7) is 2.50. The molecule has 0 saturated carbocycles. The lowest BCUT2D eigenvalue weighted by Gasteiger charge is -2.29. The molecule has 1 atom stereocenters. The van der Waals surface area contributed by atoms with Crippen LogP contribution in [0.3, 0.4) is 0 Å². The van der Waals surface area contributed by atoms with Crippen molar-refractivity contribution >= 4 is 17.0 Å². The number of piperidine rings is 1. The van der Waals surface area contributed by atoms with Crippen LogP contribution in [-0.4, -0.2) is 48.8 Å². The molecule has 1 N–H and O–H groups in total. The predicted molar refractivity (Wildman–Crippen MR) is 90.1 cm³/mol. The largest absolute Gasteiger partial charge is 0.497 e. The van der Waals surface area contributed by atoms with E-state index in [1.54, 1.807) is 13.3 Å². The van der Waals surface area contributed by atoms with Gasteiger partial charge in [0.1, 0.15) is 11.9 Å². The highest BCUT2D eigenvalue weighted by Crippen LogP contribution is 2.34. The number of carbonyl (C=O) groups excluding carboxylic acids is 1. The van der Waals surface area contributed by atoms with Crippen molar-refractivity contribution < 1.29 is 14.3 Å². The molecule has 1 aromatic carbocycles. The van der Waals surface area contributed by atoms with Crippen LogP contribution in [-0.2, 0) is 4.74 Å². The minimum atomic E-state index is -0.259. The molecule has 24 heavy (non-hydrogen) atoms. The van der Waals surface area contributed by atoms with Gasteiger partial charge < -0.3 is 19.7 Å². The lowest BCUT2D eigenvalue weighted by Crippen LogP contribution is -2.43. The topological polar surface area (TPSA) is 63.7 Å². The second-order valence-corrected chi connectivity index (χ2v) is 6.29. The van der Waals surface area contributed by atoms with E-state index in [2.05, 4.69) is 10.3 Å². The van der Waals surface area contributed by atoms with Gasteiger partial charge in [0.25, 0.3) is 0 Å². The molecule has 0 radical (unpaired) electrons. The highest BCUT2D eigenvalue weighted by Gasteiger charge is 2.37. The molecule has 1 unspecified atom stereocenters. The second-order valence-electron chi connectivity index (χ2n) is 6.29. The number of cyclic esters (lactones) is 1. The first-order chi connectivity index (χ1) is 11.8. The van der Waals surface area contributed by atoms with Gasteiger partial charge in [0, 0.05) is 23.2 Å². The highest BCUT2D eigenvalue weighted by molar-refractivity contribution is 5.84. The summed E-state index contributed by atoms with van der Waals surface area (Å²) < 4.78 is 11.0. The summed E-state index contributed by atoms with van der Waals surface area (Å²) in [7, 11) is 1.64. The molecule has 6 nitrogen and oxygen atoms in total. The monoisotopic (exact) mass is 327 g/mol. The molecule has 2 saturated heterocycles. The Morgan fingerprint density at radius 1 is 1.29 bits per heavy atom. The molecule has 1 aromatic heterocycles. The van der Waals surface area contributed by atoms with Crippen molar-refractivity contribution in [1.29, 1.82) is 0 Å². The maximum atomic E-state index is 12.4. The van der Waals surface area contributed by atoms with E-state index in [1.807, 2.05) is 29.2 Å². The number of nitrogens with zero attached hydrogens (tertiary/aromatic N) is 2. The van der Waals surface area contributed by atoms with Crippen LogP contribution >= 0.6 is 0 Å². The number of nitrogens with one attached hydrogen (secondary N) is 1. The van der Waals surface area contributed by atoms with Gasteiger partial charge in [-0.3, -0.25) is 4.98 Å². The first-order valence-corrected chi connectivity index (χ1v) is 8.37. The Hall–Kier alpha value is -2.34. The number of amides is 1. The Labute approximate surface area is 140 Å². The van der Waals surface area contributed by atoms with Crippen LogP contribution in [0.5, 0.6) is 5.75 Å². The molecule has 0 bridgehead atoms. The van der Waals surface area contributed by atoms with Crippen LogP contribution in [0.25, 0.3) is 10.9 Å². The van der Waals surface area contributed by atoms with Crippen LogP contribution in [0.4, 0.5) is 4.79 Å². The summed E-state index contributed by atoms with van der Waals surface area (Å²) in [5.74, 6) is 0.774. The summed E-state index contributed by atoms with van der Waals surface area (Å²) in [5, 5.41) is 4.31. The molecule has 0 spiro atoms. The van der Waals surface area contributed by atoms with E-state index in [1.165, 1.54) is 0 Å². The number of benzene rings is 1. The van der Waals surface area contributed by atoms with Crippen LogP contribution in [0.2, 0.25) is 0 Å². The van der Waals surface area contributed by atoms with Crippen LogP contribution < -0.4 is 10.1 Å². The van der Waals surface area contributed by atoms with Gasteiger partial charge >= 0.3 is 6.09 Å². The molecule has 4 rings (SSSR count). The summed E-state index contributed by atoms with van der Waals surface area (Å²) in [4.78, 5) is 18.6. The molecule has 2 aromatic rings. The number of aromatic nitrogens is 1. The van der Waals surface area contributed by atoms with Crippen molar-refractivity contribution in [2.24, 2.45) is 0 Å². The number of rotatable bonds is 3. The standard InChI is InChI=1S/C18H21N3O3/c1-23-13-2-3-16-15(10-13)14(6-9-20-16)17-11-21(18(22)24-17)12-4-7-19-8-5-12/h2-3,6,9-10,12,17,19H,4-5,7-8,11H2,1H3. The van der Waals surface area contributed by atoms with Gasteiger partial charge in [-0.1, -0.05) is 0 Å². The predicted octanol–water partition coefficient (Wildman–Crippen LogP) is 2.49. The van der Waals surface area contributed by atoms with E-state index in [-0.39, 0.29) is 18.2 Å². The lowest BCUT2D eigenvalue weighted by molar-refractivity contribution is 0.125. The average Bonchev–Trinajstić information content (AvgIpc) is 3.03. The minimum Gasteiger partial charge on any atom is -0.497 e. The summed E-state index contributed by atoms with van der Waals surface area (Å²) in [6, 6.07) is 7.98. The minimum absolute atomic E-state index is 0.209. The van der Waals surface area contributed by atoms with Gasteiger partial charge in [0.15, 0.2) is 0 Å². The molecule has 1 amide bonds. The normalized spacial score (nSPS) is 22.0. The smallest absolute Gasteiger partial charge is 0.410 e. The van der Waals surface area contributed by atoms with Gasteiger partial charge in [0.2, 0.25) is 0 Å². The van der Waals surface area contributed by atoms with Crippen LogP contribution in [0.1, 0.15) is 24.5 Å².